The van der Waals surface area contributed by atoms with Crippen molar-refractivity contribution in [3.8, 4) is 0 Å². The molecule has 2 rings (SSSR count). The molecule has 0 saturated carbocycles. The zero-order valence-electron chi connectivity index (χ0n) is 7.03. The van der Waals surface area contributed by atoms with Gasteiger partial charge < -0.3 is 10.1 Å². The van der Waals surface area contributed by atoms with E-state index in [1.54, 1.807) is 19.2 Å². The molecule has 13 heavy (non-hydrogen) atoms. The van der Waals surface area contributed by atoms with Crippen LogP contribution in [0.3, 0.4) is 0 Å². The van der Waals surface area contributed by atoms with Crippen LogP contribution in [0.1, 0.15) is 16.1 Å². The fourth-order valence-electron chi connectivity index (χ4n) is 1.41. The average Bonchev–Trinajstić information content (AvgIpc) is 2.39. The molecule has 66 valence electrons. The van der Waals surface area contributed by atoms with Crippen molar-refractivity contribution < 1.29 is 9.90 Å². The van der Waals surface area contributed by atoms with Gasteiger partial charge in [-0.3, -0.25) is 4.98 Å². The SMILES string of the molecule is Cc1[nH]c2cccnc2c1C(=O)O. The van der Waals surface area contributed by atoms with Gasteiger partial charge in [-0.25, -0.2) is 4.79 Å². The Morgan fingerprint density at radius 1 is 1.62 bits per heavy atom. The molecule has 2 aromatic rings. The molecule has 0 bridgehead atoms. The van der Waals surface area contributed by atoms with E-state index < -0.39 is 5.97 Å². The average molecular weight is 176 g/mol. The maximum atomic E-state index is 10.8. The van der Waals surface area contributed by atoms with Crippen molar-refractivity contribution in [1.82, 2.24) is 9.97 Å². The van der Waals surface area contributed by atoms with Crippen LogP contribution in [-0.4, -0.2) is 21.0 Å². The number of fused-ring (bicyclic) bond motifs is 1. The van der Waals surface area contributed by atoms with Gasteiger partial charge in [0.25, 0.3) is 0 Å². The number of rotatable bonds is 1. The zero-order valence-corrected chi connectivity index (χ0v) is 7.03. The summed E-state index contributed by atoms with van der Waals surface area (Å²) in [5.74, 6) is -0.942. The van der Waals surface area contributed by atoms with Crippen molar-refractivity contribution in [3.63, 3.8) is 0 Å². The first-order valence-corrected chi connectivity index (χ1v) is 3.86. The highest BCUT2D eigenvalue weighted by Crippen LogP contribution is 2.18. The van der Waals surface area contributed by atoms with Crippen LogP contribution in [0, 0.1) is 6.92 Å². The molecule has 2 N–H and O–H groups in total. The Balaban J connectivity index is 2.86. The zero-order chi connectivity index (χ0) is 9.42. The fourth-order valence-corrected chi connectivity index (χ4v) is 1.41. The minimum atomic E-state index is -0.942. The van der Waals surface area contributed by atoms with Crippen molar-refractivity contribution in [2.45, 2.75) is 6.92 Å². The first-order chi connectivity index (χ1) is 6.20. The maximum absolute atomic E-state index is 10.8. The Kier molecular flexibility index (Phi) is 1.55. The van der Waals surface area contributed by atoms with E-state index in [2.05, 4.69) is 9.97 Å². The van der Waals surface area contributed by atoms with Crippen LogP contribution in [-0.2, 0) is 0 Å². The van der Waals surface area contributed by atoms with Gasteiger partial charge in [-0.15, -0.1) is 0 Å². The Morgan fingerprint density at radius 2 is 2.38 bits per heavy atom. The summed E-state index contributed by atoms with van der Waals surface area (Å²) in [6.45, 7) is 1.73. The van der Waals surface area contributed by atoms with Crippen LogP contribution in [0.25, 0.3) is 11.0 Å². The van der Waals surface area contributed by atoms with E-state index in [0.29, 0.717) is 11.2 Å². The number of nitrogens with one attached hydrogen (secondary N) is 1. The Hall–Kier alpha value is -1.84. The van der Waals surface area contributed by atoms with Crippen molar-refractivity contribution in [3.05, 3.63) is 29.6 Å². The topological polar surface area (TPSA) is 66.0 Å². The lowest BCUT2D eigenvalue weighted by atomic mass is 10.2. The Morgan fingerprint density at radius 3 is 3.08 bits per heavy atom. The van der Waals surface area contributed by atoms with E-state index in [9.17, 15) is 4.79 Å². The molecular formula is C9H8N2O2. The number of hydrogen-bond acceptors (Lipinski definition) is 2. The van der Waals surface area contributed by atoms with Crippen molar-refractivity contribution >= 4 is 17.0 Å². The Bertz CT molecular complexity index is 473. The second-order valence-electron chi connectivity index (χ2n) is 2.83. The van der Waals surface area contributed by atoms with Crippen LogP contribution >= 0.6 is 0 Å². The number of hydrogen-bond donors (Lipinski definition) is 2. The van der Waals surface area contributed by atoms with Crippen LogP contribution in [0.15, 0.2) is 18.3 Å². The molecule has 0 amide bonds. The normalized spacial score (nSPS) is 10.5. The van der Waals surface area contributed by atoms with E-state index in [1.165, 1.54) is 0 Å². The monoisotopic (exact) mass is 176 g/mol. The van der Waals surface area contributed by atoms with Gasteiger partial charge >= 0.3 is 5.97 Å². The third-order valence-electron chi connectivity index (χ3n) is 1.96. The molecule has 0 saturated heterocycles. The fraction of sp³-hybridized carbons (Fsp3) is 0.111. The van der Waals surface area contributed by atoms with Gasteiger partial charge in [-0.05, 0) is 19.1 Å². The second kappa shape index (κ2) is 2.58. The van der Waals surface area contributed by atoms with E-state index in [1.807, 2.05) is 6.07 Å². The number of aryl methyl sites for hydroxylation is 1. The van der Waals surface area contributed by atoms with Crippen molar-refractivity contribution in [2.24, 2.45) is 0 Å². The number of aromatic carboxylic acids is 1. The van der Waals surface area contributed by atoms with E-state index in [0.717, 1.165) is 5.52 Å². The molecule has 0 fully saturated rings. The van der Waals surface area contributed by atoms with E-state index >= 15 is 0 Å². The van der Waals surface area contributed by atoms with Crippen LogP contribution in [0.2, 0.25) is 0 Å². The molecule has 0 aliphatic heterocycles. The predicted octanol–water partition coefficient (Wildman–Crippen LogP) is 1.57. The predicted molar refractivity (Wildman–Crippen MR) is 47.8 cm³/mol. The lowest BCUT2D eigenvalue weighted by molar-refractivity contribution is 0.0698. The molecule has 0 spiro atoms. The molecule has 0 atom stereocenters. The summed E-state index contributed by atoms with van der Waals surface area (Å²) in [6, 6.07) is 3.58. The molecule has 0 unspecified atom stereocenters. The first kappa shape index (κ1) is 7.79. The number of nitrogens with zero attached hydrogens (tertiary/aromatic N) is 1. The number of carboxylic acids is 1. The van der Waals surface area contributed by atoms with Gasteiger partial charge in [0, 0.05) is 11.9 Å². The Labute approximate surface area is 74.2 Å². The summed E-state index contributed by atoms with van der Waals surface area (Å²) in [5.41, 5.74) is 2.18. The number of aromatic amines is 1. The molecule has 0 aromatic carbocycles. The smallest absolute Gasteiger partial charge is 0.339 e. The van der Waals surface area contributed by atoms with Crippen molar-refractivity contribution in [1.29, 1.82) is 0 Å². The van der Waals surface area contributed by atoms with Gasteiger partial charge in [-0.1, -0.05) is 0 Å². The van der Waals surface area contributed by atoms with E-state index in [4.69, 9.17) is 5.11 Å². The molecule has 4 nitrogen and oxygen atoms in total. The summed E-state index contributed by atoms with van der Waals surface area (Å²) < 4.78 is 0. The number of aromatic nitrogens is 2. The molecule has 0 aliphatic rings. The molecule has 0 aliphatic carbocycles. The van der Waals surface area contributed by atoms with Gasteiger partial charge in [0.05, 0.1) is 5.52 Å². The van der Waals surface area contributed by atoms with Crippen LogP contribution in [0.4, 0.5) is 0 Å². The van der Waals surface area contributed by atoms with Crippen LogP contribution in [0.5, 0.6) is 0 Å². The molecular weight excluding hydrogens is 168 g/mol. The standard InChI is InChI=1S/C9H8N2O2/c1-5-7(9(12)13)8-6(11-5)3-2-4-10-8/h2-4,11H,1H3,(H,12,13). The lowest BCUT2D eigenvalue weighted by Crippen LogP contribution is -1.97. The summed E-state index contributed by atoms with van der Waals surface area (Å²) in [5, 5.41) is 8.89. The molecule has 2 heterocycles. The van der Waals surface area contributed by atoms with E-state index in [-0.39, 0.29) is 5.56 Å². The largest absolute Gasteiger partial charge is 0.478 e. The highest BCUT2D eigenvalue weighted by molar-refractivity contribution is 6.02. The highest BCUT2D eigenvalue weighted by Gasteiger charge is 2.14. The van der Waals surface area contributed by atoms with Crippen LogP contribution < -0.4 is 0 Å². The van der Waals surface area contributed by atoms with Gasteiger partial charge in [-0.2, -0.15) is 0 Å². The highest BCUT2D eigenvalue weighted by atomic mass is 16.4. The first-order valence-electron chi connectivity index (χ1n) is 3.86. The number of H-pyrrole nitrogens is 1. The number of carboxylic acid groups (broad SMARTS) is 1. The van der Waals surface area contributed by atoms with Gasteiger partial charge in [0.2, 0.25) is 0 Å². The number of carbonyl (C=O) groups is 1. The molecule has 4 heteroatoms. The van der Waals surface area contributed by atoms with Crippen molar-refractivity contribution in [2.75, 3.05) is 0 Å². The van der Waals surface area contributed by atoms with Gasteiger partial charge in [0.15, 0.2) is 0 Å². The summed E-state index contributed by atoms with van der Waals surface area (Å²) >= 11 is 0. The minimum Gasteiger partial charge on any atom is -0.478 e. The number of pyridine rings is 1. The summed E-state index contributed by atoms with van der Waals surface area (Å²) in [6.07, 6.45) is 1.59. The summed E-state index contributed by atoms with van der Waals surface area (Å²) in [7, 11) is 0. The third kappa shape index (κ3) is 1.07. The molecule has 2 aromatic heterocycles. The summed E-state index contributed by atoms with van der Waals surface area (Å²) in [4.78, 5) is 17.8. The molecule has 0 radical (unpaired) electrons. The van der Waals surface area contributed by atoms with Gasteiger partial charge in [0.1, 0.15) is 11.1 Å². The maximum Gasteiger partial charge on any atom is 0.339 e. The lowest BCUT2D eigenvalue weighted by Gasteiger charge is -1.90. The quantitative estimate of drug-likeness (QED) is 0.693. The third-order valence-corrected chi connectivity index (χ3v) is 1.96. The second-order valence-corrected chi connectivity index (χ2v) is 2.83. The minimum absolute atomic E-state index is 0.260.